The molecular weight excluding hydrogens is 398 g/mol. The Morgan fingerprint density at radius 2 is 1.94 bits per heavy atom. The number of aromatic nitrogens is 2. The lowest BCUT2D eigenvalue weighted by Gasteiger charge is -2.36. The number of morpholine rings is 2. The number of nitriles is 1. The van der Waals surface area contributed by atoms with Gasteiger partial charge < -0.3 is 19.3 Å². The number of anilines is 1. The second-order valence-corrected chi connectivity index (χ2v) is 7.82. The molecule has 0 N–H and O–H groups in total. The molecule has 9 heteroatoms. The second kappa shape index (κ2) is 8.88. The molecule has 9 nitrogen and oxygen atoms in total. The summed E-state index contributed by atoms with van der Waals surface area (Å²) in [6.45, 7) is 6.73. The zero-order chi connectivity index (χ0) is 22.0. The summed E-state index contributed by atoms with van der Waals surface area (Å²) in [7, 11) is 0. The van der Waals surface area contributed by atoms with Crippen LogP contribution in [-0.4, -0.2) is 71.8 Å². The highest BCUT2D eigenvalue weighted by Gasteiger charge is 2.28. The van der Waals surface area contributed by atoms with Crippen LogP contribution < -0.4 is 10.5 Å². The summed E-state index contributed by atoms with van der Waals surface area (Å²) in [4.78, 5) is 34.6. The van der Waals surface area contributed by atoms with Crippen molar-refractivity contribution in [3.63, 3.8) is 0 Å². The van der Waals surface area contributed by atoms with Gasteiger partial charge in [0.1, 0.15) is 23.1 Å². The van der Waals surface area contributed by atoms with Gasteiger partial charge in [-0.2, -0.15) is 5.26 Å². The molecule has 2 aromatic rings. The minimum absolute atomic E-state index is 0.0398. The fourth-order valence-electron chi connectivity index (χ4n) is 4.03. The quantitative estimate of drug-likeness (QED) is 0.538. The van der Waals surface area contributed by atoms with Gasteiger partial charge in [0.25, 0.3) is 11.5 Å². The molecule has 0 radical (unpaired) electrons. The number of carbonyl (C=O) groups excluding carboxylic acids is 1. The maximum Gasteiger partial charge on any atom is 0.267 e. The van der Waals surface area contributed by atoms with E-state index in [1.165, 1.54) is 10.5 Å². The highest BCUT2D eigenvalue weighted by molar-refractivity contribution is 6.02. The van der Waals surface area contributed by atoms with Gasteiger partial charge in [-0.25, -0.2) is 4.98 Å². The molecule has 0 unspecified atom stereocenters. The topological polar surface area (TPSA) is 100 Å². The first-order chi connectivity index (χ1) is 15.0. The van der Waals surface area contributed by atoms with Crippen molar-refractivity contribution in [1.82, 2.24) is 14.3 Å². The smallest absolute Gasteiger partial charge is 0.267 e. The lowest BCUT2D eigenvalue weighted by Crippen LogP contribution is -2.46. The SMILES string of the molecule is C[C@@H]1CN(c2nc3ccccn3c(=O)c2/C=C(\C#N)C(=O)N2CCOCC2)C[C@@H](C)O1. The molecule has 0 aromatic carbocycles. The number of ether oxygens (including phenoxy) is 2. The number of nitrogens with zero attached hydrogens (tertiary/aromatic N) is 5. The van der Waals surface area contributed by atoms with Gasteiger partial charge in [-0.05, 0) is 32.1 Å². The van der Waals surface area contributed by atoms with Crippen molar-refractivity contribution < 1.29 is 14.3 Å². The highest BCUT2D eigenvalue weighted by atomic mass is 16.5. The summed E-state index contributed by atoms with van der Waals surface area (Å²) in [5.74, 6) is 0.0544. The summed E-state index contributed by atoms with van der Waals surface area (Å²) < 4.78 is 12.5. The van der Waals surface area contributed by atoms with Gasteiger partial charge in [0.15, 0.2) is 0 Å². The van der Waals surface area contributed by atoms with E-state index in [-0.39, 0.29) is 28.9 Å². The summed E-state index contributed by atoms with van der Waals surface area (Å²) in [6.07, 6.45) is 2.93. The summed E-state index contributed by atoms with van der Waals surface area (Å²) in [5, 5.41) is 9.72. The third kappa shape index (κ3) is 4.31. The number of fused-ring (bicyclic) bond motifs is 1. The van der Waals surface area contributed by atoms with Gasteiger partial charge in [0.05, 0.1) is 31.0 Å². The lowest BCUT2D eigenvalue weighted by atomic mass is 10.1. The first kappa shape index (κ1) is 21.0. The molecule has 2 atom stereocenters. The number of carbonyl (C=O) groups is 1. The molecule has 2 fully saturated rings. The van der Waals surface area contributed by atoms with Crippen LogP contribution in [0.1, 0.15) is 19.4 Å². The van der Waals surface area contributed by atoms with E-state index in [1.807, 2.05) is 30.9 Å². The molecule has 2 aromatic heterocycles. The van der Waals surface area contributed by atoms with Crippen molar-refractivity contribution in [1.29, 1.82) is 5.26 Å². The second-order valence-electron chi connectivity index (χ2n) is 7.82. The normalized spacial score (nSPS) is 22.4. The van der Waals surface area contributed by atoms with Crippen molar-refractivity contribution in [3.8, 4) is 6.07 Å². The van der Waals surface area contributed by atoms with Crippen LogP contribution >= 0.6 is 0 Å². The number of rotatable bonds is 3. The number of hydrogen-bond donors (Lipinski definition) is 0. The van der Waals surface area contributed by atoms with E-state index in [0.717, 1.165) is 0 Å². The molecule has 31 heavy (non-hydrogen) atoms. The fourth-order valence-corrected chi connectivity index (χ4v) is 4.03. The van der Waals surface area contributed by atoms with E-state index in [2.05, 4.69) is 0 Å². The van der Waals surface area contributed by atoms with Gasteiger partial charge in [0.2, 0.25) is 0 Å². The Balaban J connectivity index is 1.84. The molecular formula is C22H25N5O4. The molecule has 4 rings (SSSR count). The predicted octanol–water partition coefficient (Wildman–Crippen LogP) is 1.07. The molecule has 2 aliphatic rings. The third-order valence-corrected chi connectivity index (χ3v) is 5.41. The van der Waals surface area contributed by atoms with Gasteiger partial charge in [-0.3, -0.25) is 14.0 Å². The van der Waals surface area contributed by atoms with E-state index in [1.54, 1.807) is 23.2 Å². The van der Waals surface area contributed by atoms with Gasteiger partial charge >= 0.3 is 0 Å². The van der Waals surface area contributed by atoms with Crippen LogP contribution in [-0.2, 0) is 14.3 Å². The van der Waals surface area contributed by atoms with Gasteiger partial charge in [-0.1, -0.05) is 6.07 Å². The zero-order valence-corrected chi connectivity index (χ0v) is 17.7. The van der Waals surface area contributed by atoms with E-state index < -0.39 is 5.91 Å². The summed E-state index contributed by atoms with van der Waals surface area (Å²) in [5.41, 5.74) is 0.315. The molecule has 0 saturated carbocycles. The van der Waals surface area contributed by atoms with Crippen LogP contribution in [0.2, 0.25) is 0 Å². The Kier molecular flexibility index (Phi) is 6.02. The Labute approximate surface area is 180 Å². The average Bonchev–Trinajstić information content (AvgIpc) is 2.78. The molecule has 162 valence electrons. The number of pyridine rings is 1. The van der Waals surface area contributed by atoms with E-state index in [4.69, 9.17) is 14.5 Å². The molecule has 0 bridgehead atoms. The average molecular weight is 423 g/mol. The van der Waals surface area contributed by atoms with E-state index in [0.29, 0.717) is 50.9 Å². The largest absolute Gasteiger partial charge is 0.378 e. The van der Waals surface area contributed by atoms with Gasteiger partial charge in [0, 0.05) is 32.4 Å². The van der Waals surface area contributed by atoms with Crippen LogP contribution in [0.15, 0.2) is 34.8 Å². The number of amides is 1. The Morgan fingerprint density at radius 3 is 2.61 bits per heavy atom. The van der Waals surface area contributed by atoms with Crippen LogP contribution in [0.25, 0.3) is 11.7 Å². The first-order valence-electron chi connectivity index (χ1n) is 10.4. The minimum Gasteiger partial charge on any atom is -0.378 e. The summed E-state index contributed by atoms with van der Waals surface area (Å²) in [6, 6.07) is 7.30. The van der Waals surface area contributed by atoms with E-state index in [9.17, 15) is 14.9 Å². The molecule has 1 amide bonds. The monoisotopic (exact) mass is 423 g/mol. The minimum atomic E-state index is -0.405. The van der Waals surface area contributed by atoms with Crippen molar-refractivity contribution in [2.24, 2.45) is 0 Å². The van der Waals surface area contributed by atoms with Crippen molar-refractivity contribution in [2.75, 3.05) is 44.3 Å². The standard InChI is InChI=1S/C22H25N5O4/c1-15-13-26(14-16(2)31-15)20-18(22(29)27-6-4-3-5-19(27)24-20)11-17(12-23)21(28)25-7-9-30-10-8-25/h3-6,11,15-16H,7-10,13-14H2,1-2H3/b17-11+/t15-,16-/m1/s1. The molecule has 2 saturated heterocycles. The van der Waals surface area contributed by atoms with Crippen molar-refractivity contribution in [2.45, 2.75) is 26.1 Å². The van der Waals surface area contributed by atoms with Crippen molar-refractivity contribution >= 4 is 23.4 Å². The maximum atomic E-state index is 13.4. The Morgan fingerprint density at radius 1 is 1.23 bits per heavy atom. The van der Waals surface area contributed by atoms with Crippen LogP contribution in [0.5, 0.6) is 0 Å². The third-order valence-electron chi connectivity index (χ3n) is 5.41. The highest BCUT2D eigenvalue weighted by Crippen LogP contribution is 2.23. The van der Waals surface area contributed by atoms with Crippen LogP contribution in [0.4, 0.5) is 5.82 Å². The van der Waals surface area contributed by atoms with E-state index >= 15 is 0 Å². The zero-order valence-electron chi connectivity index (χ0n) is 17.7. The lowest BCUT2D eigenvalue weighted by molar-refractivity contribution is -0.130. The predicted molar refractivity (Wildman–Crippen MR) is 115 cm³/mol. The van der Waals surface area contributed by atoms with Crippen LogP contribution in [0, 0.1) is 11.3 Å². The van der Waals surface area contributed by atoms with Gasteiger partial charge in [-0.15, -0.1) is 0 Å². The number of hydrogen-bond acceptors (Lipinski definition) is 7. The fraction of sp³-hybridized carbons (Fsp3) is 0.455. The molecule has 4 heterocycles. The van der Waals surface area contributed by atoms with Crippen LogP contribution in [0.3, 0.4) is 0 Å². The Hall–Kier alpha value is -3.22. The molecule has 0 aliphatic carbocycles. The molecule has 0 spiro atoms. The van der Waals surface area contributed by atoms with Crippen molar-refractivity contribution in [3.05, 3.63) is 45.9 Å². The maximum absolute atomic E-state index is 13.4. The Bertz CT molecular complexity index is 1100. The first-order valence-corrected chi connectivity index (χ1v) is 10.4. The summed E-state index contributed by atoms with van der Waals surface area (Å²) >= 11 is 0. The molecule has 2 aliphatic heterocycles.